The summed E-state index contributed by atoms with van der Waals surface area (Å²) in [5.74, 6) is -0.999. The molecule has 1 fully saturated rings. The fourth-order valence-corrected chi connectivity index (χ4v) is 4.82. The molecule has 2 aliphatic heterocycles. The molecule has 2 amide bonds. The molecule has 158 valence electrons. The van der Waals surface area contributed by atoms with Crippen molar-refractivity contribution in [3.05, 3.63) is 51.5 Å². The average molecular weight is 495 g/mol. The number of ether oxygens (including phenoxy) is 1. The molecule has 2 aromatic carbocycles. The summed E-state index contributed by atoms with van der Waals surface area (Å²) < 4.78 is 6.11. The fraction of sp³-hybridized carbons (Fsp3) is 0.333. The van der Waals surface area contributed by atoms with Crippen molar-refractivity contribution in [2.45, 2.75) is 31.0 Å². The number of aliphatic hydroxyl groups is 1. The first-order chi connectivity index (χ1) is 14.3. The minimum Gasteiger partial charge on any atom is -0.495 e. The summed E-state index contributed by atoms with van der Waals surface area (Å²) in [5, 5.41) is 19.6. The topological polar surface area (TPSA) is 99.7 Å². The molecule has 0 radical (unpaired) electrons. The third kappa shape index (κ3) is 3.37. The summed E-state index contributed by atoms with van der Waals surface area (Å²) >= 11 is 9.54. The molecule has 0 aromatic heterocycles. The largest absolute Gasteiger partial charge is 0.495 e. The molecular weight excluding hydrogens is 474 g/mol. The lowest BCUT2D eigenvalue weighted by Gasteiger charge is -2.29. The second-order valence-corrected chi connectivity index (χ2v) is 8.92. The summed E-state index contributed by atoms with van der Waals surface area (Å²) in [6, 6.07) is 9.93. The number of halogens is 2. The Labute approximate surface area is 187 Å². The van der Waals surface area contributed by atoms with Crippen molar-refractivity contribution < 1.29 is 19.4 Å². The number of anilines is 2. The van der Waals surface area contributed by atoms with Gasteiger partial charge in [0, 0.05) is 26.8 Å². The number of nitrogens with one attached hydrogen (secondary N) is 3. The number of amides is 2. The van der Waals surface area contributed by atoms with Crippen LogP contribution in [0.3, 0.4) is 0 Å². The van der Waals surface area contributed by atoms with Gasteiger partial charge >= 0.3 is 0 Å². The number of carbonyl (C=O) groups excluding carboxylic acids is 2. The van der Waals surface area contributed by atoms with Gasteiger partial charge in [0.25, 0.3) is 0 Å². The Morgan fingerprint density at radius 1 is 1.37 bits per heavy atom. The number of rotatable bonds is 4. The Morgan fingerprint density at radius 2 is 2.13 bits per heavy atom. The number of hydrogen-bond donors (Lipinski definition) is 4. The normalized spacial score (nSPS) is 25.7. The molecule has 2 aromatic rings. The van der Waals surface area contributed by atoms with Gasteiger partial charge in [0.05, 0.1) is 24.8 Å². The predicted molar refractivity (Wildman–Crippen MR) is 118 cm³/mol. The molecule has 0 bridgehead atoms. The molecule has 0 saturated carbocycles. The summed E-state index contributed by atoms with van der Waals surface area (Å²) in [6.07, 6.45) is -0.462. The number of aliphatic hydroxyl groups excluding tert-OH is 1. The molecule has 9 heteroatoms. The SMILES string of the molecule is COc1ccc(Cl)cc1NC(=O)[C@H]1C[C@H]([C@@H](C)O)N[C@]12C(=O)Nc1ccc(Br)cc12. The lowest BCUT2D eigenvalue weighted by atomic mass is 9.79. The van der Waals surface area contributed by atoms with E-state index in [1.54, 1.807) is 31.2 Å². The van der Waals surface area contributed by atoms with Gasteiger partial charge in [-0.25, -0.2) is 0 Å². The Morgan fingerprint density at radius 3 is 2.83 bits per heavy atom. The highest BCUT2D eigenvalue weighted by Gasteiger charge is 2.60. The second kappa shape index (κ2) is 7.85. The Balaban J connectivity index is 1.76. The minimum absolute atomic E-state index is 0.283. The van der Waals surface area contributed by atoms with Gasteiger partial charge in [-0.2, -0.15) is 0 Å². The summed E-state index contributed by atoms with van der Waals surface area (Å²) in [4.78, 5) is 26.6. The van der Waals surface area contributed by atoms with E-state index in [1.807, 2.05) is 12.1 Å². The Kier molecular flexibility index (Phi) is 5.52. The van der Waals surface area contributed by atoms with Crippen LogP contribution < -0.4 is 20.7 Å². The highest BCUT2D eigenvalue weighted by atomic mass is 79.9. The summed E-state index contributed by atoms with van der Waals surface area (Å²) in [7, 11) is 1.50. The number of carbonyl (C=O) groups is 2. The van der Waals surface area contributed by atoms with Crippen LogP contribution in [0.15, 0.2) is 40.9 Å². The zero-order chi connectivity index (χ0) is 21.6. The molecule has 4 N–H and O–H groups in total. The van der Waals surface area contributed by atoms with E-state index in [0.717, 1.165) is 4.47 Å². The molecule has 1 saturated heterocycles. The molecular formula is C21H21BrClN3O4. The zero-order valence-corrected chi connectivity index (χ0v) is 18.7. The molecule has 7 nitrogen and oxygen atoms in total. The van der Waals surface area contributed by atoms with E-state index < -0.39 is 23.6 Å². The van der Waals surface area contributed by atoms with Crippen molar-refractivity contribution in [3.8, 4) is 5.75 Å². The molecule has 1 spiro atoms. The molecule has 4 rings (SSSR count). The fourth-order valence-electron chi connectivity index (χ4n) is 4.29. The number of benzene rings is 2. The highest BCUT2D eigenvalue weighted by molar-refractivity contribution is 9.10. The minimum atomic E-state index is -1.29. The van der Waals surface area contributed by atoms with Gasteiger partial charge in [-0.05, 0) is 49.7 Å². The Bertz CT molecular complexity index is 1030. The average Bonchev–Trinajstić information content (AvgIpc) is 3.23. The monoisotopic (exact) mass is 493 g/mol. The van der Waals surface area contributed by atoms with Gasteiger partial charge in [0.15, 0.2) is 0 Å². The van der Waals surface area contributed by atoms with Crippen molar-refractivity contribution in [2.75, 3.05) is 17.7 Å². The molecule has 0 aliphatic carbocycles. The third-order valence-corrected chi connectivity index (χ3v) is 6.48. The van der Waals surface area contributed by atoms with Crippen LogP contribution in [0.2, 0.25) is 5.02 Å². The van der Waals surface area contributed by atoms with Gasteiger partial charge in [0.2, 0.25) is 11.8 Å². The van der Waals surface area contributed by atoms with E-state index in [4.69, 9.17) is 16.3 Å². The first-order valence-electron chi connectivity index (χ1n) is 9.48. The van der Waals surface area contributed by atoms with Gasteiger partial charge < -0.3 is 20.5 Å². The smallest absolute Gasteiger partial charge is 0.250 e. The van der Waals surface area contributed by atoms with Gasteiger partial charge in [-0.3, -0.25) is 14.9 Å². The van der Waals surface area contributed by atoms with Crippen LogP contribution in [0.4, 0.5) is 11.4 Å². The maximum absolute atomic E-state index is 13.4. The summed E-state index contributed by atoms with van der Waals surface area (Å²) in [6.45, 7) is 1.64. The second-order valence-electron chi connectivity index (χ2n) is 7.57. The quantitative estimate of drug-likeness (QED) is 0.523. The van der Waals surface area contributed by atoms with Crippen LogP contribution in [0, 0.1) is 5.92 Å². The maximum atomic E-state index is 13.4. The number of methoxy groups -OCH3 is 1. The molecule has 30 heavy (non-hydrogen) atoms. The van der Waals surface area contributed by atoms with Gasteiger partial charge in [-0.15, -0.1) is 0 Å². The third-order valence-electron chi connectivity index (χ3n) is 5.76. The molecule has 0 unspecified atom stereocenters. The molecule has 2 heterocycles. The molecule has 2 aliphatic rings. The van der Waals surface area contributed by atoms with E-state index in [0.29, 0.717) is 27.7 Å². The van der Waals surface area contributed by atoms with Crippen LogP contribution in [0.25, 0.3) is 0 Å². The highest BCUT2D eigenvalue weighted by Crippen LogP contribution is 2.48. The van der Waals surface area contributed by atoms with Crippen molar-refractivity contribution >= 4 is 50.7 Å². The van der Waals surface area contributed by atoms with E-state index in [9.17, 15) is 14.7 Å². The maximum Gasteiger partial charge on any atom is 0.250 e. The first-order valence-corrected chi connectivity index (χ1v) is 10.6. The first kappa shape index (κ1) is 21.1. The number of hydrogen-bond acceptors (Lipinski definition) is 5. The van der Waals surface area contributed by atoms with Crippen LogP contribution in [0.5, 0.6) is 5.75 Å². The number of fused-ring (bicyclic) bond motifs is 2. The van der Waals surface area contributed by atoms with Crippen LogP contribution >= 0.6 is 27.5 Å². The van der Waals surface area contributed by atoms with Gasteiger partial charge in [0.1, 0.15) is 11.3 Å². The van der Waals surface area contributed by atoms with E-state index in [1.165, 1.54) is 7.11 Å². The van der Waals surface area contributed by atoms with Crippen LogP contribution in [-0.2, 0) is 15.1 Å². The van der Waals surface area contributed by atoms with E-state index in [2.05, 4.69) is 31.9 Å². The predicted octanol–water partition coefficient (Wildman–Crippen LogP) is 3.26. The lowest BCUT2D eigenvalue weighted by Crippen LogP contribution is -2.53. The molecule has 4 atom stereocenters. The van der Waals surface area contributed by atoms with Crippen LogP contribution in [0.1, 0.15) is 18.9 Å². The van der Waals surface area contributed by atoms with Crippen molar-refractivity contribution in [2.24, 2.45) is 5.92 Å². The lowest BCUT2D eigenvalue weighted by molar-refractivity contribution is -0.130. The zero-order valence-electron chi connectivity index (χ0n) is 16.3. The van der Waals surface area contributed by atoms with Gasteiger partial charge in [-0.1, -0.05) is 27.5 Å². The standard InChI is InChI=1S/C21H21BrClN3O4/c1-10(27)16-9-14(19(28)24-17-8-12(23)4-6-18(17)30-2)21(26-16)13-7-11(22)3-5-15(13)25-20(21)29/h3-8,10,14,16,26-27H,9H2,1-2H3,(H,24,28)(H,25,29)/t10-,14-,16-,21+/m1/s1. The van der Waals surface area contributed by atoms with Crippen molar-refractivity contribution in [3.63, 3.8) is 0 Å². The summed E-state index contributed by atoms with van der Waals surface area (Å²) in [5.41, 5.74) is 0.429. The van der Waals surface area contributed by atoms with Crippen molar-refractivity contribution in [1.29, 1.82) is 0 Å². The van der Waals surface area contributed by atoms with Crippen molar-refractivity contribution in [1.82, 2.24) is 5.32 Å². The Hall–Kier alpha value is -2.13. The van der Waals surface area contributed by atoms with E-state index in [-0.39, 0.29) is 18.2 Å². The van der Waals surface area contributed by atoms with E-state index >= 15 is 0 Å². The van der Waals surface area contributed by atoms with Crippen LogP contribution in [-0.4, -0.2) is 36.2 Å².